The Morgan fingerprint density at radius 3 is 3.00 bits per heavy atom. The summed E-state index contributed by atoms with van der Waals surface area (Å²) in [5.74, 6) is 0.876. The molecule has 1 aromatic heterocycles. The van der Waals surface area contributed by atoms with Crippen LogP contribution in [0.5, 0.6) is 0 Å². The maximum Gasteiger partial charge on any atom is 0.250 e. The number of pyridine rings is 1. The lowest BCUT2D eigenvalue weighted by Crippen LogP contribution is -2.49. The van der Waals surface area contributed by atoms with E-state index in [1.54, 1.807) is 13.2 Å². The Labute approximate surface area is 136 Å². The van der Waals surface area contributed by atoms with Crippen LogP contribution < -0.4 is 5.56 Å². The number of aliphatic hydroxyl groups excluding tert-OH is 1. The van der Waals surface area contributed by atoms with Crippen molar-refractivity contribution in [1.82, 2.24) is 9.47 Å². The van der Waals surface area contributed by atoms with Gasteiger partial charge in [-0.2, -0.15) is 0 Å². The summed E-state index contributed by atoms with van der Waals surface area (Å²) in [6, 6.07) is 5.56. The van der Waals surface area contributed by atoms with Crippen molar-refractivity contribution in [2.75, 3.05) is 46.6 Å². The summed E-state index contributed by atoms with van der Waals surface area (Å²) in [4.78, 5) is 14.3. The van der Waals surface area contributed by atoms with Gasteiger partial charge in [0.15, 0.2) is 0 Å². The van der Waals surface area contributed by atoms with E-state index in [2.05, 4.69) is 11.0 Å². The molecule has 6 nitrogen and oxygen atoms in total. The summed E-state index contributed by atoms with van der Waals surface area (Å²) in [7, 11) is 1.63. The SMILES string of the molecule is COCCOCC(O)CN1C[C@@H]2C[C@H](C1)c1cccc(=O)n1C2. The van der Waals surface area contributed by atoms with E-state index in [1.165, 1.54) is 0 Å². The first-order chi connectivity index (χ1) is 11.2. The number of β-amino-alcohol motifs (C(OH)–C–C–N with tert-alkyl or cyclic N) is 1. The first-order valence-corrected chi connectivity index (χ1v) is 8.34. The van der Waals surface area contributed by atoms with E-state index in [9.17, 15) is 9.90 Å². The molecule has 1 fully saturated rings. The predicted octanol–water partition coefficient (Wildman–Crippen LogP) is 0.291. The van der Waals surface area contributed by atoms with Crippen molar-refractivity contribution in [3.05, 3.63) is 34.2 Å². The van der Waals surface area contributed by atoms with Crippen LogP contribution in [0.2, 0.25) is 0 Å². The topological polar surface area (TPSA) is 63.9 Å². The zero-order valence-corrected chi connectivity index (χ0v) is 13.7. The molecule has 23 heavy (non-hydrogen) atoms. The Hall–Kier alpha value is -1.21. The number of likely N-dealkylation sites (tertiary alicyclic amines) is 1. The van der Waals surface area contributed by atoms with Crippen molar-refractivity contribution >= 4 is 0 Å². The minimum absolute atomic E-state index is 0.109. The zero-order valence-electron chi connectivity index (χ0n) is 13.7. The minimum Gasteiger partial charge on any atom is -0.389 e. The van der Waals surface area contributed by atoms with Crippen LogP contribution in [0.1, 0.15) is 18.0 Å². The first-order valence-electron chi connectivity index (χ1n) is 8.34. The highest BCUT2D eigenvalue weighted by Crippen LogP contribution is 2.34. The van der Waals surface area contributed by atoms with E-state index in [0.717, 1.165) is 31.7 Å². The van der Waals surface area contributed by atoms with Crippen LogP contribution >= 0.6 is 0 Å². The number of rotatable bonds is 7. The molecule has 6 heteroatoms. The predicted molar refractivity (Wildman–Crippen MR) is 86.7 cm³/mol. The second kappa shape index (κ2) is 7.57. The second-order valence-electron chi connectivity index (χ2n) is 6.64. The van der Waals surface area contributed by atoms with Crippen LogP contribution in [0.25, 0.3) is 0 Å². The number of nitrogens with zero attached hydrogens (tertiary/aromatic N) is 2. The maximum absolute atomic E-state index is 12.0. The third kappa shape index (κ3) is 4.01. The van der Waals surface area contributed by atoms with Gasteiger partial charge in [-0.05, 0) is 18.4 Å². The highest BCUT2D eigenvalue weighted by Gasteiger charge is 2.34. The summed E-state index contributed by atoms with van der Waals surface area (Å²) in [5, 5.41) is 10.1. The number of fused-ring (bicyclic) bond motifs is 4. The normalized spacial score (nSPS) is 25.1. The number of hydrogen-bond donors (Lipinski definition) is 1. The van der Waals surface area contributed by atoms with Gasteiger partial charge in [0.25, 0.3) is 5.56 Å². The standard InChI is InChI=1S/C17H26N2O4/c1-22-5-6-23-12-15(20)11-18-8-13-7-14(10-18)16-3-2-4-17(21)19(16)9-13/h2-4,13-15,20H,5-12H2,1H3/t13-,14+,15?/m0/s1. The summed E-state index contributed by atoms with van der Waals surface area (Å²) in [6.07, 6.45) is 0.657. The number of aliphatic hydroxyl groups is 1. The molecule has 3 atom stereocenters. The first kappa shape index (κ1) is 16.6. The van der Waals surface area contributed by atoms with Gasteiger partial charge in [-0.3, -0.25) is 9.69 Å². The summed E-state index contributed by atoms with van der Waals surface area (Å²) in [6.45, 7) is 4.65. The van der Waals surface area contributed by atoms with Gasteiger partial charge in [0.2, 0.25) is 0 Å². The molecule has 0 aromatic carbocycles. The molecule has 0 saturated carbocycles. The third-order valence-electron chi connectivity index (χ3n) is 4.77. The van der Waals surface area contributed by atoms with Crippen molar-refractivity contribution in [1.29, 1.82) is 0 Å². The van der Waals surface area contributed by atoms with E-state index in [0.29, 0.717) is 38.2 Å². The highest BCUT2D eigenvalue weighted by molar-refractivity contribution is 5.16. The molecule has 1 N–H and O–H groups in total. The number of ether oxygens (including phenoxy) is 2. The van der Waals surface area contributed by atoms with Gasteiger partial charge in [0, 0.05) is 51.0 Å². The maximum atomic E-state index is 12.0. The molecule has 2 bridgehead atoms. The van der Waals surface area contributed by atoms with Gasteiger partial charge < -0.3 is 19.1 Å². The minimum atomic E-state index is -0.483. The molecule has 2 aliphatic heterocycles. The summed E-state index contributed by atoms with van der Waals surface area (Å²) >= 11 is 0. The van der Waals surface area contributed by atoms with Crippen LogP contribution in [0.4, 0.5) is 0 Å². The fourth-order valence-corrected chi connectivity index (χ4v) is 3.86. The van der Waals surface area contributed by atoms with Crippen molar-refractivity contribution < 1.29 is 14.6 Å². The largest absolute Gasteiger partial charge is 0.389 e. The quantitative estimate of drug-likeness (QED) is 0.731. The Morgan fingerprint density at radius 2 is 2.17 bits per heavy atom. The Bertz CT molecular complexity index is 574. The fraction of sp³-hybridized carbons (Fsp3) is 0.706. The van der Waals surface area contributed by atoms with Crippen LogP contribution in [0.3, 0.4) is 0 Å². The average molecular weight is 322 g/mol. The monoisotopic (exact) mass is 322 g/mol. The average Bonchev–Trinajstić information content (AvgIpc) is 2.53. The van der Waals surface area contributed by atoms with Gasteiger partial charge in [-0.25, -0.2) is 0 Å². The molecule has 0 radical (unpaired) electrons. The molecule has 1 saturated heterocycles. The van der Waals surface area contributed by atoms with Crippen LogP contribution in [0, 0.1) is 5.92 Å². The molecule has 2 aliphatic rings. The van der Waals surface area contributed by atoms with Crippen molar-refractivity contribution in [3.8, 4) is 0 Å². The lowest BCUT2D eigenvalue weighted by Gasteiger charge is -2.43. The van der Waals surface area contributed by atoms with Gasteiger partial charge in [-0.15, -0.1) is 0 Å². The number of methoxy groups -OCH3 is 1. The van der Waals surface area contributed by atoms with Gasteiger partial charge in [-0.1, -0.05) is 6.07 Å². The Kier molecular flexibility index (Phi) is 5.48. The molecule has 1 unspecified atom stereocenters. The fourth-order valence-electron chi connectivity index (χ4n) is 3.86. The van der Waals surface area contributed by atoms with Gasteiger partial charge in [0.1, 0.15) is 0 Å². The molecular formula is C17H26N2O4. The third-order valence-corrected chi connectivity index (χ3v) is 4.77. The lowest BCUT2D eigenvalue weighted by atomic mass is 9.83. The molecule has 128 valence electrons. The van der Waals surface area contributed by atoms with E-state index < -0.39 is 6.10 Å². The molecular weight excluding hydrogens is 296 g/mol. The molecule has 0 spiro atoms. The van der Waals surface area contributed by atoms with Gasteiger partial charge >= 0.3 is 0 Å². The molecule has 3 heterocycles. The molecule has 1 aromatic rings. The lowest BCUT2D eigenvalue weighted by molar-refractivity contribution is -0.00995. The van der Waals surface area contributed by atoms with E-state index in [4.69, 9.17) is 9.47 Å². The van der Waals surface area contributed by atoms with E-state index in [1.807, 2.05) is 10.6 Å². The molecule has 3 rings (SSSR count). The smallest absolute Gasteiger partial charge is 0.250 e. The van der Waals surface area contributed by atoms with Crippen LogP contribution in [0.15, 0.2) is 23.0 Å². The molecule has 0 amide bonds. The number of piperidine rings is 1. The molecule has 0 aliphatic carbocycles. The van der Waals surface area contributed by atoms with Crippen molar-refractivity contribution in [3.63, 3.8) is 0 Å². The van der Waals surface area contributed by atoms with Gasteiger partial charge in [0.05, 0.1) is 25.9 Å². The highest BCUT2D eigenvalue weighted by atomic mass is 16.5. The number of aromatic nitrogens is 1. The summed E-state index contributed by atoms with van der Waals surface area (Å²) in [5.41, 5.74) is 1.25. The van der Waals surface area contributed by atoms with Crippen molar-refractivity contribution in [2.24, 2.45) is 5.92 Å². The Balaban J connectivity index is 1.56. The van der Waals surface area contributed by atoms with E-state index >= 15 is 0 Å². The summed E-state index contributed by atoms with van der Waals surface area (Å²) < 4.78 is 12.2. The number of hydrogen-bond acceptors (Lipinski definition) is 5. The Morgan fingerprint density at radius 1 is 1.30 bits per heavy atom. The van der Waals surface area contributed by atoms with E-state index in [-0.39, 0.29) is 5.56 Å². The second-order valence-corrected chi connectivity index (χ2v) is 6.64. The van der Waals surface area contributed by atoms with Crippen LogP contribution in [-0.2, 0) is 16.0 Å². The zero-order chi connectivity index (χ0) is 16.2. The van der Waals surface area contributed by atoms with Crippen LogP contribution in [-0.4, -0.2) is 67.2 Å². The van der Waals surface area contributed by atoms with Crippen molar-refractivity contribution in [2.45, 2.75) is 25.0 Å².